The van der Waals surface area contributed by atoms with Gasteiger partial charge in [0.2, 0.25) is 0 Å². The second-order valence-corrected chi connectivity index (χ2v) is 3.41. The van der Waals surface area contributed by atoms with Crippen LogP contribution >= 0.6 is 0 Å². The van der Waals surface area contributed by atoms with Gasteiger partial charge in [0, 0.05) is 6.54 Å². The molecule has 2 rings (SSSR count). The Morgan fingerprint density at radius 2 is 2.13 bits per heavy atom. The lowest BCUT2D eigenvalue weighted by Gasteiger charge is -2.25. The molecule has 6 heteroatoms. The average molecular weight is 210 g/mol. The fraction of sp³-hybridized carbons (Fsp3) is 0.333. The van der Waals surface area contributed by atoms with Crippen molar-refractivity contribution in [3.8, 4) is 0 Å². The van der Waals surface area contributed by atoms with E-state index in [4.69, 9.17) is 10.2 Å². The topological polar surface area (TPSA) is 89.9 Å². The molecule has 0 aliphatic carbocycles. The minimum absolute atomic E-state index is 0.130. The van der Waals surface area contributed by atoms with Gasteiger partial charge in [0.1, 0.15) is 11.9 Å². The van der Waals surface area contributed by atoms with E-state index >= 15 is 0 Å². The molecular formula is C9H10N2O4. The molecule has 0 saturated carbocycles. The van der Waals surface area contributed by atoms with E-state index < -0.39 is 18.0 Å². The lowest BCUT2D eigenvalue weighted by Crippen LogP contribution is -2.39. The number of allylic oxidation sites excluding steroid dienone is 2. The number of nitrogens with one attached hydrogen (secondary N) is 1. The highest BCUT2D eigenvalue weighted by molar-refractivity contribution is 5.88. The molecule has 0 aromatic heterocycles. The number of fused-ring (bicyclic) bond motifs is 1. The van der Waals surface area contributed by atoms with Crippen LogP contribution in [-0.2, 0) is 9.59 Å². The van der Waals surface area contributed by atoms with Crippen molar-refractivity contribution in [3.63, 3.8) is 0 Å². The van der Waals surface area contributed by atoms with Crippen LogP contribution in [0, 0.1) is 0 Å². The third kappa shape index (κ3) is 1.54. The van der Waals surface area contributed by atoms with Gasteiger partial charge in [0.05, 0.1) is 12.1 Å². The van der Waals surface area contributed by atoms with Crippen LogP contribution in [0.1, 0.15) is 0 Å². The summed E-state index contributed by atoms with van der Waals surface area (Å²) < 4.78 is 0. The monoisotopic (exact) mass is 210 g/mol. The minimum atomic E-state index is -1.01. The summed E-state index contributed by atoms with van der Waals surface area (Å²) in [6.45, 7) is 0.438. The number of carboxylic acid groups (broad SMARTS) is 2. The van der Waals surface area contributed by atoms with Crippen molar-refractivity contribution in [2.24, 2.45) is 0 Å². The standard InChI is InChI=1S/C9H10N2O4/c12-8(13)5-1-2-7-10-3-6(9(14)15)11(7)4-5/h1-2,6,10H,3-4H2,(H,12,13)(H,14,15). The molecule has 0 aromatic carbocycles. The molecule has 6 nitrogen and oxygen atoms in total. The predicted octanol–water partition coefficient (Wildman–Crippen LogP) is -0.789. The summed E-state index contributed by atoms with van der Waals surface area (Å²) in [5.41, 5.74) is 0.203. The number of aliphatic carboxylic acids is 2. The number of nitrogens with zero attached hydrogens (tertiary/aromatic N) is 1. The van der Waals surface area contributed by atoms with E-state index in [1.165, 1.54) is 6.08 Å². The first-order chi connectivity index (χ1) is 7.09. The number of carbonyl (C=O) groups is 2. The predicted molar refractivity (Wildman–Crippen MR) is 49.9 cm³/mol. The molecular weight excluding hydrogens is 200 g/mol. The van der Waals surface area contributed by atoms with E-state index in [1.54, 1.807) is 11.0 Å². The third-order valence-corrected chi connectivity index (χ3v) is 2.51. The summed E-state index contributed by atoms with van der Waals surface area (Å²) in [6.07, 6.45) is 3.08. The maximum atomic E-state index is 10.9. The van der Waals surface area contributed by atoms with Crippen LogP contribution in [0.25, 0.3) is 0 Å². The molecule has 80 valence electrons. The maximum absolute atomic E-state index is 10.9. The molecule has 2 aliphatic rings. The molecule has 1 saturated heterocycles. The normalized spacial score (nSPS) is 23.7. The Bertz CT molecular complexity index is 386. The van der Waals surface area contributed by atoms with Crippen LogP contribution in [0.15, 0.2) is 23.5 Å². The Morgan fingerprint density at radius 3 is 2.73 bits per heavy atom. The van der Waals surface area contributed by atoms with E-state index in [2.05, 4.69) is 5.32 Å². The van der Waals surface area contributed by atoms with E-state index in [0.717, 1.165) is 0 Å². The molecule has 1 fully saturated rings. The molecule has 2 heterocycles. The van der Waals surface area contributed by atoms with Crippen molar-refractivity contribution in [1.82, 2.24) is 10.2 Å². The van der Waals surface area contributed by atoms with Crippen LogP contribution in [0.4, 0.5) is 0 Å². The van der Waals surface area contributed by atoms with Gasteiger partial charge in [-0.2, -0.15) is 0 Å². The quantitative estimate of drug-likeness (QED) is 0.553. The van der Waals surface area contributed by atoms with Gasteiger partial charge in [0.15, 0.2) is 0 Å². The van der Waals surface area contributed by atoms with Crippen LogP contribution in [0.5, 0.6) is 0 Å². The van der Waals surface area contributed by atoms with Gasteiger partial charge in [-0.05, 0) is 12.2 Å². The van der Waals surface area contributed by atoms with Gasteiger partial charge in [-0.3, -0.25) is 0 Å². The molecule has 0 spiro atoms. The zero-order valence-electron chi connectivity index (χ0n) is 7.80. The zero-order chi connectivity index (χ0) is 11.0. The molecule has 0 radical (unpaired) electrons. The highest BCUT2D eigenvalue weighted by Gasteiger charge is 2.35. The highest BCUT2D eigenvalue weighted by atomic mass is 16.4. The first kappa shape index (κ1) is 9.57. The Balaban J connectivity index is 2.23. The zero-order valence-corrected chi connectivity index (χ0v) is 7.80. The summed E-state index contributed by atoms with van der Waals surface area (Å²) in [5, 5.41) is 20.6. The second-order valence-electron chi connectivity index (χ2n) is 3.41. The second kappa shape index (κ2) is 3.30. The van der Waals surface area contributed by atoms with E-state index in [0.29, 0.717) is 12.4 Å². The number of rotatable bonds is 2. The Kier molecular flexibility index (Phi) is 2.11. The molecule has 0 bridgehead atoms. The Hall–Kier alpha value is -1.98. The molecule has 15 heavy (non-hydrogen) atoms. The van der Waals surface area contributed by atoms with E-state index in [9.17, 15) is 9.59 Å². The molecule has 1 unspecified atom stereocenters. The molecule has 0 amide bonds. The lowest BCUT2D eigenvalue weighted by molar-refractivity contribution is -0.141. The third-order valence-electron chi connectivity index (χ3n) is 2.51. The fourth-order valence-corrected chi connectivity index (χ4v) is 1.71. The highest BCUT2D eigenvalue weighted by Crippen LogP contribution is 2.21. The van der Waals surface area contributed by atoms with E-state index in [1.807, 2.05) is 0 Å². The van der Waals surface area contributed by atoms with Gasteiger partial charge in [-0.1, -0.05) is 0 Å². The largest absolute Gasteiger partial charge is 0.480 e. The van der Waals surface area contributed by atoms with Crippen LogP contribution in [0.2, 0.25) is 0 Å². The van der Waals surface area contributed by atoms with Crippen molar-refractivity contribution in [2.75, 3.05) is 13.1 Å². The van der Waals surface area contributed by atoms with Gasteiger partial charge in [0.25, 0.3) is 0 Å². The summed E-state index contributed by atoms with van der Waals surface area (Å²) in [6, 6.07) is -0.681. The summed E-state index contributed by atoms with van der Waals surface area (Å²) in [7, 11) is 0. The number of hydrogen-bond donors (Lipinski definition) is 3. The van der Waals surface area contributed by atoms with Crippen LogP contribution in [0.3, 0.4) is 0 Å². The van der Waals surface area contributed by atoms with E-state index in [-0.39, 0.29) is 12.1 Å². The van der Waals surface area contributed by atoms with Crippen molar-refractivity contribution in [2.45, 2.75) is 6.04 Å². The molecule has 2 aliphatic heterocycles. The Morgan fingerprint density at radius 1 is 1.40 bits per heavy atom. The van der Waals surface area contributed by atoms with Crippen molar-refractivity contribution >= 4 is 11.9 Å². The first-order valence-corrected chi connectivity index (χ1v) is 4.47. The van der Waals surface area contributed by atoms with Crippen molar-refractivity contribution in [1.29, 1.82) is 0 Å². The smallest absolute Gasteiger partial charge is 0.333 e. The molecule has 0 aromatic rings. The van der Waals surface area contributed by atoms with Gasteiger partial charge >= 0.3 is 11.9 Å². The molecule has 1 atom stereocenters. The van der Waals surface area contributed by atoms with Gasteiger partial charge in [-0.15, -0.1) is 0 Å². The van der Waals surface area contributed by atoms with Crippen molar-refractivity contribution in [3.05, 3.63) is 23.5 Å². The average Bonchev–Trinajstić information content (AvgIpc) is 2.59. The lowest BCUT2D eigenvalue weighted by atomic mass is 10.1. The fourth-order valence-electron chi connectivity index (χ4n) is 1.71. The van der Waals surface area contributed by atoms with Crippen LogP contribution in [-0.4, -0.2) is 46.2 Å². The Labute approximate surface area is 85.5 Å². The SMILES string of the molecule is O=C(O)C1=CC=C2NCC(C(=O)O)N2C1. The first-order valence-electron chi connectivity index (χ1n) is 4.47. The summed E-state index contributed by atoms with van der Waals surface area (Å²) >= 11 is 0. The van der Waals surface area contributed by atoms with Gasteiger partial charge in [-0.25, -0.2) is 9.59 Å². The number of carboxylic acids is 2. The van der Waals surface area contributed by atoms with Crippen molar-refractivity contribution < 1.29 is 19.8 Å². The minimum Gasteiger partial charge on any atom is -0.480 e. The van der Waals surface area contributed by atoms with Gasteiger partial charge < -0.3 is 20.4 Å². The summed E-state index contributed by atoms with van der Waals surface area (Å²) in [5.74, 6) is -1.29. The summed E-state index contributed by atoms with van der Waals surface area (Å²) in [4.78, 5) is 23.1. The number of hydrogen-bond acceptors (Lipinski definition) is 4. The maximum Gasteiger partial charge on any atom is 0.333 e. The molecule has 3 N–H and O–H groups in total. The van der Waals surface area contributed by atoms with Crippen LogP contribution < -0.4 is 5.32 Å².